The Labute approximate surface area is 250 Å². The van der Waals surface area contributed by atoms with Gasteiger partial charge in [-0.05, 0) is 47.9 Å². The summed E-state index contributed by atoms with van der Waals surface area (Å²) >= 11 is 0. The Morgan fingerprint density at radius 1 is 1.00 bits per heavy atom. The molecule has 0 radical (unpaired) electrons. The number of fused-ring (bicyclic) bond motifs is 1. The third-order valence-electron chi connectivity index (χ3n) is 7.49. The van der Waals surface area contributed by atoms with Crippen LogP contribution in [0.4, 0.5) is 0 Å². The first kappa shape index (κ1) is 31.3. The van der Waals surface area contributed by atoms with Gasteiger partial charge in [0.25, 0.3) is 5.91 Å². The molecule has 3 aromatic rings. The zero-order chi connectivity index (χ0) is 30.8. The summed E-state index contributed by atoms with van der Waals surface area (Å²) in [5.74, 6) is -2.14. The summed E-state index contributed by atoms with van der Waals surface area (Å²) < 4.78 is 0. The molecule has 1 aliphatic heterocycles. The third-order valence-corrected chi connectivity index (χ3v) is 7.49. The number of aromatic nitrogens is 2. The van der Waals surface area contributed by atoms with E-state index < -0.39 is 35.8 Å². The summed E-state index contributed by atoms with van der Waals surface area (Å²) in [4.78, 5) is 72.3. The summed E-state index contributed by atoms with van der Waals surface area (Å²) in [6.45, 7) is 4.43. The first-order valence-corrected chi connectivity index (χ1v) is 14.6. The van der Waals surface area contributed by atoms with E-state index in [9.17, 15) is 24.0 Å². The molecule has 4 rings (SSSR count). The van der Waals surface area contributed by atoms with E-state index in [0.717, 1.165) is 22.8 Å². The maximum atomic E-state index is 13.8. The Morgan fingerprint density at radius 3 is 2.49 bits per heavy atom. The molecule has 11 nitrogen and oxygen atoms in total. The van der Waals surface area contributed by atoms with Gasteiger partial charge in [-0.3, -0.25) is 24.2 Å². The molecule has 4 amide bonds. The molecule has 0 unspecified atom stereocenters. The van der Waals surface area contributed by atoms with Crippen LogP contribution >= 0.6 is 0 Å². The van der Waals surface area contributed by atoms with Crippen molar-refractivity contribution in [1.82, 2.24) is 31.2 Å². The number of carbonyl (C=O) groups excluding carboxylic acids is 5. The van der Waals surface area contributed by atoms with Crippen molar-refractivity contribution in [3.05, 3.63) is 72.3 Å². The molecular formula is C32H38N6O5. The molecular weight excluding hydrogens is 548 g/mol. The van der Waals surface area contributed by atoms with Gasteiger partial charge in [0.1, 0.15) is 24.1 Å². The van der Waals surface area contributed by atoms with Crippen molar-refractivity contribution in [2.24, 2.45) is 11.8 Å². The van der Waals surface area contributed by atoms with Crippen LogP contribution in [0.2, 0.25) is 0 Å². The lowest BCUT2D eigenvalue weighted by Crippen LogP contribution is -2.56. The van der Waals surface area contributed by atoms with Crippen LogP contribution in [-0.4, -0.2) is 64.6 Å². The fourth-order valence-corrected chi connectivity index (χ4v) is 5.32. The SMILES string of the molecule is CC(C)C[C@H](NC(=O)[C@H](Cc1cccc2ccccc12)NC(=O)c1cnccn1)C(=O)N[C@H](C=O)C[C@@H]1CCCNC1=O. The van der Waals surface area contributed by atoms with Gasteiger partial charge in [-0.2, -0.15) is 0 Å². The Hall–Kier alpha value is -4.67. The number of hydrogen-bond acceptors (Lipinski definition) is 7. The molecule has 2 heterocycles. The molecule has 4 N–H and O–H groups in total. The molecule has 0 spiro atoms. The fraction of sp³-hybridized carbons (Fsp3) is 0.406. The van der Waals surface area contributed by atoms with E-state index in [1.54, 1.807) is 0 Å². The third kappa shape index (κ3) is 8.67. The van der Waals surface area contributed by atoms with Crippen LogP contribution in [0.25, 0.3) is 10.8 Å². The van der Waals surface area contributed by atoms with Crippen molar-refractivity contribution < 1.29 is 24.0 Å². The van der Waals surface area contributed by atoms with Gasteiger partial charge in [0.2, 0.25) is 17.7 Å². The van der Waals surface area contributed by atoms with E-state index in [1.165, 1.54) is 18.6 Å². The van der Waals surface area contributed by atoms with Crippen LogP contribution in [0.15, 0.2) is 61.1 Å². The van der Waals surface area contributed by atoms with Crippen LogP contribution in [0, 0.1) is 11.8 Å². The summed E-state index contributed by atoms with van der Waals surface area (Å²) in [5.41, 5.74) is 0.893. The van der Waals surface area contributed by atoms with Gasteiger partial charge < -0.3 is 26.1 Å². The predicted octanol–water partition coefficient (Wildman–Crippen LogP) is 2.10. The summed E-state index contributed by atoms with van der Waals surface area (Å²) in [5, 5.41) is 13.0. The van der Waals surface area contributed by atoms with E-state index in [2.05, 4.69) is 31.2 Å². The molecule has 1 fully saturated rings. The molecule has 1 aliphatic rings. The van der Waals surface area contributed by atoms with Crippen LogP contribution in [0.1, 0.15) is 55.6 Å². The average Bonchev–Trinajstić information content (AvgIpc) is 3.01. The largest absolute Gasteiger partial charge is 0.356 e. The maximum absolute atomic E-state index is 13.8. The molecule has 226 valence electrons. The van der Waals surface area contributed by atoms with Gasteiger partial charge in [0, 0.05) is 31.3 Å². The maximum Gasteiger partial charge on any atom is 0.272 e. The quantitative estimate of drug-likeness (QED) is 0.223. The fourth-order valence-electron chi connectivity index (χ4n) is 5.32. The molecule has 0 aliphatic carbocycles. The molecule has 0 saturated carbocycles. The van der Waals surface area contributed by atoms with Gasteiger partial charge in [-0.1, -0.05) is 56.3 Å². The lowest BCUT2D eigenvalue weighted by Gasteiger charge is -2.27. The lowest BCUT2D eigenvalue weighted by atomic mass is 9.91. The summed E-state index contributed by atoms with van der Waals surface area (Å²) in [6.07, 6.45) is 6.84. The number of nitrogens with one attached hydrogen (secondary N) is 4. The molecule has 0 bridgehead atoms. The highest BCUT2D eigenvalue weighted by molar-refractivity contribution is 5.98. The Balaban J connectivity index is 1.54. The van der Waals surface area contributed by atoms with Crippen LogP contribution < -0.4 is 21.3 Å². The lowest BCUT2D eigenvalue weighted by molar-refractivity contribution is -0.132. The normalized spacial score (nSPS) is 16.9. The second kappa shape index (κ2) is 15.0. The number of carbonyl (C=O) groups is 5. The average molecular weight is 587 g/mol. The number of rotatable bonds is 13. The molecule has 43 heavy (non-hydrogen) atoms. The minimum absolute atomic E-state index is 0.0283. The van der Waals surface area contributed by atoms with E-state index in [0.29, 0.717) is 25.7 Å². The van der Waals surface area contributed by atoms with Crippen molar-refractivity contribution in [3.63, 3.8) is 0 Å². The number of aldehydes is 1. The zero-order valence-electron chi connectivity index (χ0n) is 24.4. The van der Waals surface area contributed by atoms with Crippen molar-refractivity contribution in [2.75, 3.05) is 6.54 Å². The Bertz CT molecular complexity index is 1440. The number of piperidine rings is 1. The second-order valence-corrected chi connectivity index (χ2v) is 11.3. The number of benzene rings is 2. The summed E-state index contributed by atoms with van der Waals surface area (Å²) in [7, 11) is 0. The van der Waals surface area contributed by atoms with Crippen molar-refractivity contribution in [1.29, 1.82) is 0 Å². The molecule has 11 heteroatoms. The van der Waals surface area contributed by atoms with E-state index in [-0.39, 0.29) is 36.3 Å². The highest BCUT2D eigenvalue weighted by Gasteiger charge is 2.31. The predicted molar refractivity (Wildman–Crippen MR) is 161 cm³/mol. The van der Waals surface area contributed by atoms with Crippen molar-refractivity contribution in [2.45, 2.75) is 64.1 Å². The molecule has 2 aromatic carbocycles. The van der Waals surface area contributed by atoms with Gasteiger partial charge in [-0.25, -0.2) is 4.98 Å². The van der Waals surface area contributed by atoms with Crippen LogP contribution in [0.3, 0.4) is 0 Å². The minimum atomic E-state index is -1.05. The topological polar surface area (TPSA) is 159 Å². The minimum Gasteiger partial charge on any atom is -0.356 e. The Morgan fingerprint density at radius 2 is 1.77 bits per heavy atom. The Kier molecular flexibility index (Phi) is 10.9. The van der Waals surface area contributed by atoms with Crippen LogP contribution in [-0.2, 0) is 25.6 Å². The van der Waals surface area contributed by atoms with Crippen molar-refractivity contribution >= 4 is 40.7 Å². The van der Waals surface area contributed by atoms with E-state index in [4.69, 9.17) is 0 Å². The van der Waals surface area contributed by atoms with E-state index >= 15 is 0 Å². The molecule has 4 atom stereocenters. The highest BCUT2D eigenvalue weighted by atomic mass is 16.2. The van der Waals surface area contributed by atoms with Gasteiger partial charge in [0.15, 0.2) is 0 Å². The summed E-state index contributed by atoms with van der Waals surface area (Å²) in [6, 6.07) is 10.6. The number of nitrogens with zero attached hydrogens (tertiary/aromatic N) is 2. The van der Waals surface area contributed by atoms with Gasteiger partial charge >= 0.3 is 0 Å². The van der Waals surface area contributed by atoms with Gasteiger partial charge in [-0.15, -0.1) is 0 Å². The standard InChI is InChI=1S/C32H38N6O5/c1-20(2)15-26(30(41)36-24(19-39)16-23-10-6-12-35-29(23)40)37-31(42)27(38-32(43)28-18-33-13-14-34-28)17-22-9-5-8-21-7-3-4-11-25(21)22/h3-5,7-9,11,13-14,18-20,23-24,26-27H,6,10,12,15-17H2,1-2H3,(H,35,40)(H,36,41)(H,37,42)(H,38,43)/t23-,24-,26-,27-/m0/s1. The zero-order valence-corrected chi connectivity index (χ0v) is 24.4. The monoisotopic (exact) mass is 586 g/mol. The van der Waals surface area contributed by atoms with E-state index in [1.807, 2.05) is 56.3 Å². The second-order valence-electron chi connectivity index (χ2n) is 11.3. The first-order valence-electron chi connectivity index (χ1n) is 14.6. The smallest absolute Gasteiger partial charge is 0.272 e. The van der Waals surface area contributed by atoms with Crippen LogP contribution in [0.5, 0.6) is 0 Å². The van der Waals surface area contributed by atoms with Gasteiger partial charge in [0.05, 0.1) is 12.2 Å². The first-order chi connectivity index (χ1) is 20.7. The molecule has 1 aromatic heterocycles. The highest BCUT2D eigenvalue weighted by Crippen LogP contribution is 2.21. The number of hydrogen-bond donors (Lipinski definition) is 4. The number of amides is 4. The van der Waals surface area contributed by atoms with Crippen molar-refractivity contribution in [3.8, 4) is 0 Å². The molecule has 1 saturated heterocycles.